The van der Waals surface area contributed by atoms with Crippen LogP contribution in [0.4, 0.5) is 16.2 Å². The molecule has 7 heteroatoms. The fraction of sp³-hybridized carbons (Fsp3) is 0.414. The SMILES string of the molecule is Cc1cccc(NC(=O)CN2C(=O)S/C(=C\c3cc4c(cc3C)N(C(C)C)C(C)(C)C[C@H]4C)C2=O)c1. The molecule has 2 aliphatic heterocycles. The first-order valence-electron chi connectivity index (χ1n) is 12.4. The monoisotopic (exact) mass is 505 g/mol. The summed E-state index contributed by atoms with van der Waals surface area (Å²) in [6.45, 7) is 14.9. The molecule has 2 aliphatic rings. The van der Waals surface area contributed by atoms with Crippen LogP contribution in [0.5, 0.6) is 0 Å². The summed E-state index contributed by atoms with van der Waals surface area (Å²) < 4.78 is 0. The van der Waals surface area contributed by atoms with Gasteiger partial charge in [-0.25, -0.2) is 0 Å². The van der Waals surface area contributed by atoms with Gasteiger partial charge in [0.15, 0.2) is 0 Å². The fourth-order valence-electron chi connectivity index (χ4n) is 5.59. The van der Waals surface area contributed by atoms with Crippen molar-refractivity contribution in [3.63, 3.8) is 0 Å². The number of nitrogens with one attached hydrogen (secondary N) is 1. The lowest BCUT2D eigenvalue weighted by Crippen LogP contribution is -2.51. The molecule has 1 atom stereocenters. The van der Waals surface area contributed by atoms with E-state index in [-0.39, 0.29) is 12.1 Å². The molecule has 3 amide bonds. The third-order valence-electron chi connectivity index (χ3n) is 6.94. The number of benzene rings is 2. The zero-order chi connectivity index (χ0) is 26.4. The molecular weight excluding hydrogens is 470 g/mol. The van der Waals surface area contributed by atoms with Crippen molar-refractivity contribution in [3.05, 3.63) is 63.6 Å². The van der Waals surface area contributed by atoms with E-state index in [9.17, 15) is 14.4 Å². The largest absolute Gasteiger partial charge is 0.364 e. The van der Waals surface area contributed by atoms with Crippen LogP contribution in [-0.4, -0.2) is 40.1 Å². The highest BCUT2D eigenvalue weighted by Crippen LogP contribution is 2.46. The standard InChI is InChI=1S/C29H35N3O3S/c1-17(2)32-24-12-19(4)21(13-23(24)20(5)15-29(32,6)7)14-25-27(34)31(28(35)36-25)16-26(33)30-22-10-8-9-18(3)11-22/h8-14,17,20H,15-16H2,1-7H3,(H,30,33)/b25-14-/t20-/m1/s1. The number of aryl methyl sites for hydroxylation is 2. The highest BCUT2D eigenvalue weighted by molar-refractivity contribution is 8.18. The molecule has 0 bridgehead atoms. The van der Waals surface area contributed by atoms with Crippen molar-refractivity contribution in [2.75, 3.05) is 16.8 Å². The maximum absolute atomic E-state index is 13.1. The summed E-state index contributed by atoms with van der Waals surface area (Å²) >= 11 is 0.888. The maximum atomic E-state index is 13.1. The molecule has 2 aromatic rings. The fourth-order valence-corrected chi connectivity index (χ4v) is 6.42. The van der Waals surface area contributed by atoms with Crippen LogP contribution in [0.2, 0.25) is 0 Å². The molecule has 0 radical (unpaired) electrons. The van der Waals surface area contributed by atoms with Crippen molar-refractivity contribution in [2.24, 2.45) is 0 Å². The number of hydrogen-bond acceptors (Lipinski definition) is 5. The number of imide groups is 1. The number of rotatable bonds is 5. The summed E-state index contributed by atoms with van der Waals surface area (Å²) in [5.74, 6) is -0.461. The molecule has 2 heterocycles. The molecule has 0 saturated carbocycles. The number of carbonyl (C=O) groups is 3. The van der Waals surface area contributed by atoms with Crippen LogP contribution in [0, 0.1) is 13.8 Å². The van der Waals surface area contributed by atoms with Crippen molar-refractivity contribution in [3.8, 4) is 0 Å². The second-order valence-electron chi connectivity index (χ2n) is 10.8. The minimum Gasteiger partial charge on any atom is -0.364 e. The lowest BCUT2D eigenvalue weighted by molar-refractivity contribution is -0.127. The van der Waals surface area contributed by atoms with Crippen molar-refractivity contribution in [2.45, 2.75) is 72.4 Å². The molecule has 1 saturated heterocycles. The first-order valence-corrected chi connectivity index (χ1v) is 13.2. The van der Waals surface area contributed by atoms with Crippen LogP contribution in [0.1, 0.15) is 69.2 Å². The topological polar surface area (TPSA) is 69.7 Å². The van der Waals surface area contributed by atoms with Crippen molar-refractivity contribution >= 4 is 46.3 Å². The van der Waals surface area contributed by atoms with Crippen molar-refractivity contribution < 1.29 is 14.4 Å². The normalized spacial score (nSPS) is 20.3. The van der Waals surface area contributed by atoms with E-state index in [1.54, 1.807) is 12.1 Å². The number of hydrogen-bond donors (Lipinski definition) is 1. The van der Waals surface area contributed by atoms with Gasteiger partial charge in [-0.05, 0) is 118 Å². The summed E-state index contributed by atoms with van der Waals surface area (Å²) in [7, 11) is 0. The molecular formula is C29H35N3O3S. The van der Waals surface area contributed by atoms with Gasteiger partial charge in [0.05, 0.1) is 4.91 Å². The van der Waals surface area contributed by atoms with Gasteiger partial charge in [-0.3, -0.25) is 19.3 Å². The minimum absolute atomic E-state index is 0.0518. The minimum atomic E-state index is -0.431. The molecule has 190 valence electrons. The summed E-state index contributed by atoms with van der Waals surface area (Å²) in [5, 5.41) is 2.34. The van der Waals surface area contributed by atoms with Crippen LogP contribution >= 0.6 is 11.8 Å². The molecule has 36 heavy (non-hydrogen) atoms. The quantitative estimate of drug-likeness (QED) is 0.471. The van der Waals surface area contributed by atoms with Gasteiger partial charge in [0.25, 0.3) is 11.1 Å². The summed E-state index contributed by atoms with van der Waals surface area (Å²) in [5.41, 5.74) is 6.18. The van der Waals surface area contributed by atoms with E-state index in [1.807, 2.05) is 32.0 Å². The Kier molecular flexibility index (Phi) is 7.06. The van der Waals surface area contributed by atoms with Crippen molar-refractivity contribution in [1.82, 2.24) is 4.90 Å². The Hall–Kier alpha value is -3.06. The zero-order valence-corrected chi connectivity index (χ0v) is 23.0. The van der Waals surface area contributed by atoms with E-state index in [1.165, 1.54) is 11.3 Å². The Morgan fingerprint density at radius 1 is 1.19 bits per heavy atom. The zero-order valence-electron chi connectivity index (χ0n) is 22.1. The second-order valence-corrected chi connectivity index (χ2v) is 11.8. The molecule has 6 nitrogen and oxygen atoms in total. The van der Waals surface area contributed by atoms with Gasteiger partial charge in [-0.15, -0.1) is 0 Å². The van der Waals surface area contributed by atoms with Crippen LogP contribution in [-0.2, 0) is 9.59 Å². The molecule has 1 N–H and O–H groups in total. The van der Waals surface area contributed by atoms with Gasteiger partial charge in [0.1, 0.15) is 6.54 Å². The predicted molar refractivity (Wildman–Crippen MR) is 148 cm³/mol. The maximum Gasteiger partial charge on any atom is 0.294 e. The average molecular weight is 506 g/mol. The van der Waals surface area contributed by atoms with Gasteiger partial charge >= 0.3 is 0 Å². The molecule has 0 spiro atoms. The number of anilines is 2. The summed E-state index contributed by atoms with van der Waals surface area (Å²) in [4.78, 5) is 42.1. The first kappa shape index (κ1) is 26.0. The van der Waals surface area contributed by atoms with Crippen molar-refractivity contribution in [1.29, 1.82) is 0 Å². The van der Waals surface area contributed by atoms with E-state index in [0.717, 1.165) is 39.8 Å². The van der Waals surface area contributed by atoms with Gasteiger partial charge in [-0.2, -0.15) is 0 Å². The Bertz CT molecular complexity index is 1260. The lowest BCUT2D eigenvalue weighted by Gasteiger charge is -2.50. The van der Waals surface area contributed by atoms with E-state index < -0.39 is 17.1 Å². The van der Waals surface area contributed by atoms with Gasteiger partial charge < -0.3 is 10.2 Å². The Morgan fingerprint density at radius 3 is 2.58 bits per heavy atom. The predicted octanol–water partition coefficient (Wildman–Crippen LogP) is 6.48. The van der Waals surface area contributed by atoms with Crippen LogP contribution in [0.3, 0.4) is 0 Å². The Balaban J connectivity index is 1.57. The van der Waals surface area contributed by atoms with E-state index in [0.29, 0.717) is 22.6 Å². The van der Waals surface area contributed by atoms with E-state index in [2.05, 4.69) is 57.0 Å². The lowest BCUT2D eigenvalue weighted by atomic mass is 9.78. The van der Waals surface area contributed by atoms with Crippen LogP contribution in [0.25, 0.3) is 6.08 Å². The van der Waals surface area contributed by atoms with Gasteiger partial charge in [0.2, 0.25) is 5.91 Å². The molecule has 4 rings (SSSR count). The number of amides is 3. The molecule has 0 unspecified atom stereocenters. The molecule has 0 aliphatic carbocycles. The van der Waals surface area contributed by atoms with E-state index >= 15 is 0 Å². The molecule has 0 aromatic heterocycles. The molecule has 1 fully saturated rings. The van der Waals surface area contributed by atoms with Gasteiger partial charge in [-0.1, -0.05) is 19.1 Å². The second kappa shape index (κ2) is 9.77. The Labute approximate surface area is 218 Å². The highest BCUT2D eigenvalue weighted by atomic mass is 32.2. The Morgan fingerprint density at radius 2 is 1.92 bits per heavy atom. The number of nitrogens with zero attached hydrogens (tertiary/aromatic N) is 2. The van der Waals surface area contributed by atoms with Crippen LogP contribution < -0.4 is 10.2 Å². The first-order chi connectivity index (χ1) is 16.9. The molecule has 2 aromatic carbocycles. The number of carbonyl (C=O) groups excluding carboxylic acids is 3. The van der Waals surface area contributed by atoms with Gasteiger partial charge in [0, 0.05) is 23.0 Å². The third kappa shape index (κ3) is 5.07. The van der Waals surface area contributed by atoms with E-state index in [4.69, 9.17) is 0 Å². The van der Waals surface area contributed by atoms with Crippen LogP contribution in [0.15, 0.2) is 41.3 Å². The summed E-state index contributed by atoms with van der Waals surface area (Å²) in [6.07, 6.45) is 2.83. The third-order valence-corrected chi connectivity index (χ3v) is 7.85. The number of fused-ring (bicyclic) bond motifs is 1. The average Bonchev–Trinajstić information content (AvgIpc) is 3.01. The highest BCUT2D eigenvalue weighted by Gasteiger charge is 2.39. The number of thioether (sulfide) groups is 1. The summed E-state index contributed by atoms with van der Waals surface area (Å²) in [6, 6.07) is 12.1. The smallest absolute Gasteiger partial charge is 0.294 e.